The summed E-state index contributed by atoms with van der Waals surface area (Å²) < 4.78 is 17.1. The second-order valence-corrected chi connectivity index (χ2v) is 15.4. The van der Waals surface area contributed by atoms with Gasteiger partial charge in [-0.25, -0.2) is 4.79 Å². The predicted octanol–water partition coefficient (Wildman–Crippen LogP) is 9.16. The van der Waals surface area contributed by atoms with E-state index in [0.29, 0.717) is 40.9 Å². The van der Waals surface area contributed by atoms with E-state index in [1.54, 1.807) is 18.1 Å². The third-order valence-electron chi connectivity index (χ3n) is 7.32. The number of nitrogens with zero attached hydrogens (tertiary/aromatic N) is 6. The lowest BCUT2D eigenvalue weighted by Crippen LogP contribution is -2.43. The summed E-state index contributed by atoms with van der Waals surface area (Å²) in [4.78, 5) is 38.0. The molecule has 0 aliphatic heterocycles. The van der Waals surface area contributed by atoms with E-state index in [0.717, 1.165) is 34.5 Å². The van der Waals surface area contributed by atoms with Crippen molar-refractivity contribution in [3.63, 3.8) is 0 Å². The molecule has 2 N–H and O–H groups in total. The highest BCUT2D eigenvalue weighted by Gasteiger charge is 2.26. The van der Waals surface area contributed by atoms with Crippen molar-refractivity contribution in [2.24, 2.45) is 0 Å². The number of nitrogens with one attached hydrogen (secondary N) is 2. The zero-order chi connectivity index (χ0) is 41.6. The molecule has 2 aromatic heterocycles. The number of methoxy groups -OCH3 is 1. The molecule has 4 rings (SSSR count). The van der Waals surface area contributed by atoms with Crippen LogP contribution in [0.5, 0.6) is 5.75 Å². The Morgan fingerprint density at radius 2 is 1.65 bits per heavy atom. The number of para-hydroxylation sites is 1. The molecule has 0 fully saturated rings. The van der Waals surface area contributed by atoms with Gasteiger partial charge in [-0.2, -0.15) is 19.6 Å². The average molecular weight is 845 g/mol. The zero-order valence-electron chi connectivity index (χ0n) is 33.7. The van der Waals surface area contributed by atoms with Crippen molar-refractivity contribution in [2.75, 3.05) is 41.7 Å². The number of ether oxygens (including phenoxy) is 2. The second-order valence-electron chi connectivity index (χ2n) is 14.0. The van der Waals surface area contributed by atoms with Gasteiger partial charge < -0.3 is 29.4 Å². The Bertz CT molecular complexity index is 1900. The maximum absolute atomic E-state index is 12.2. The number of hydrogen-bond acceptors (Lipinski definition) is 11. The summed E-state index contributed by atoms with van der Waals surface area (Å²) >= 11 is 23.8. The third kappa shape index (κ3) is 14.4. The molecule has 2 aromatic carbocycles. The van der Waals surface area contributed by atoms with Gasteiger partial charge >= 0.3 is 5.76 Å². The van der Waals surface area contributed by atoms with E-state index in [9.17, 15) is 9.59 Å². The van der Waals surface area contributed by atoms with E-state index >= 15 is 0 Å². The van der Waals surface area contributed by atoms with Gasteiger partial charge in [-0.3, -0.25) is 4.79 Å². The topological polar surface area (TPSA) is 150 Å². The lowest BCUT2D eigenvalue weighted by Gasteiger charge is -2.31. The van der Waals surface area contributed by atoms with Gasteiger partial charge in [0.15, 0.2) is 0 Å². The van der Waals surface area contributed by atoms with Gasteiger partial charge in [-0.05, 0) is 83.7 Å². The fraction of sp³-hybridized carbons (Fsp3) is 0.526. The highest BCUT2D eigenvalue weighted by atomic mass is 35.5. The average Bonchev–Trinajstić information content (AvgIpc) is 3.48. The molecule has 304 valence electrons. The number of anilines is 3. The maximum Gasteiger partial charge on any atom is 0.442 e. The molecule has 0 aliphatic carbocycles. The molecule has 0 radical (unpaired) electrons. The normalized spacial score (nSPS) is 11.7. The SMILES string of the molecule is CC(C)Oc1cc(-n2nc(C(C)(C)C)oc2=O)c(Cl)cc1Cl.CCNc1nc(Cl)nc(NC(C)C)n1.CCc1cccc(C)c1N(C(=O)CCl)C(C)COC. The van der Waals surface area contributed by atoms with Crippen molar-refractivity contribution in [1.82, 2.24) is 24.7 Å². The van der Waals surface area contributed by atoms with Crippen LogP contribution in [0.25, 0.3) is 5.69 Å². The van der Waals surface area contributed by atoms with Crippen LogP contribution in [0.4, 0.5) is 17.6 Å². The lowest BCUT2D eigenvalue weighted by molar-refractivity contribution is -0.116. The van der Waals surface area contributed by atoms with Gasteiger partial charge in [0.05, 0.1) is 40.2 Å². The maximum atomic E-state index is 12.2. The minimum Gasteiger partial charge on any atom is -0.489 e. The van der Waals surface area contributed by atoms with Gasteiger partial charge in [0.2, 0.25) is 29.0 Å². The Balaban J connectivity index is 0.000000292. The van der Waals surface area contributed by atoms with Gasteiger partial charge in [-0.1, -0.05) is 69.1 Å². The zero-order valence-corrected chi connectivity index (χ0v) is 36.7. The first-order chi connectivity index (χ1) is 25.8. The molecule has 2 heterocycles. The quantitative estimate of drug-likeness (QED) is 0.124. The van der Waals surface area contributed by atoms with E-state index in [2.05, 4.69) is 43.7 Å². The van der Waals surface area contributed by atoms with Crippen LogP contribution < -0.4 is 26.0 Å². The Kier molecular flexibility index (Phi) is 19.2. The summed E-state index contributed by atoms with van der Waals surface area (Å²) in [6.45, 7) is 22.8. The number of alkyl halides is 1. The summed E-state index contributed by atoms with van der Waals surface area (Å²) in [7, 11) is 1.64. The van der Waals surface area contributed by atoms with Crippen LogP contribution in [0.2, 0.25) is 15.3 Å². The second kappa shape index (κ2) is 22.2. The number of carbonyl (C=O) groups is 1. The molecule has 55 heavy (non-hydrogen) atoms. The summed E-state index contributed by atoms with van der Waals surface area (Å²) in [6.07, 6.45) is 0.814. The van der Waals surface area contributed by atoms with Crippen molar-refractivity contribution in [2.45, 2.75) is 106 Å². The summed E-state index contributed by atoms with van der Waals surface area (Å²) in [6, 6.07) is 9.42. The lowest BCUT2D eigenvalue weighted by atomic mass is 9.97. The molecule has 13 nitrogen and oxygen atoms in total. The molecule has 1 atom stereocenters. The van der Waals surface area contributed by atoms with Gasteiger partial charge in [-0.15, -0.1) is 16.7 Å². The number of rotatable bonds is 13. The van der Waals surface area contributed by atoms with E-state index in [1.165, 1.54) is 6.07 Å². The minimum absolute atomic E-state index is 0.0223. The third-order valence-corrected chi connectivity index (χ3v) is 8.31. The van der Waals surface area contributed by atoms with Crippen molar-refractivity contribution in [3.8, 4) is 11.4 Å². The van der Waals surface area contributed by atoms with Crippen LogP contribution >= 0.6 is 46.4 Å². The summed E-state index contributed by atoms with van der Waals surface area (Å²) in [5.74, 6) is 1.04. The highest BCUT2D eigenvalue weighted by molar-refractivity contribution is 6.36. The van der Waals surface area contributed by atoms with Crippen molar-refractivity contribution >= 4 is 69.9 Å². The standard InChI is InChI=1S/C15H18Cl2N2O3.C15H22ClNO2.C8H14ClN5/c1-8(2)21-12-7-11(9(16)6-10(12)17)19-14(20)22-13(18-19)15(3,4)5;1-5-13-8-6-7-11(2)15(13)17(14(18)9-16)12(3)10-19-4;1-4-10-7-12-6(9)13-8(14-7)11-5(2)3/h6-8H,1-5H3;6-8,12H,5,9-10H2,1-4H3;5H,4H2,1-3H3,(H2,10,11,12,13,14). The highest BCUT2D eigenvalue weighted by Crippen LogP contribution is 2.34. The Hall–Kier alpha value is -3.62. The first kappa shape index (κ1) is 47.5. The molecule has 0 aliphatic rings. The fourth-order valence-electron chi connectivity index (χ4n) is 4.99. The van der Waals surface area contributed by atoms with Crippen LogP contribution in [0.3, 0.4) is 0 Å². The van der Waals surface area contributed by atoms with E-state index in [-0.39, 0.29) is 45.7 Å². The molecule has 0 bridgehead atoms. The van der Waals surface area contributed by atoms with Crippen LogP contribution in [-0.4, -0.2) is 75.0 Å². The van der Waals surface area contributed by atoms with Gasteiger partial charge in [0, 0.05) is 31.2 Å². The van der Waals surface area contributed by atoms with Gasteiger partial charge in [0.1, 0.15) is 11.6 Å². The largest absolute Gasteiger partial charge is 0.489 e. The molecule has 1 amide bonds. The molecular formula is C38H54Cl4N8O5. The number of carbonyl (C=O) groups excluding carboxylic acids is 1. The van der Waals surface area contributed by atoms with Gasteiger partial charge in [0.25, 0.3) is 0 Å². The van der Waals surface area contributed by atoms with Crippen molar-refractivity contribution in [1.29, 1.82) is 0 Å². The molecule has 4 aromatic rings. The Morgan fingerprint density at radius 3 is 2.18 bits per heavy atom. The smallest absolute Gasteiger partial charge is 0.442 e. The van der Waals surface area contributed by atoms with Crippen LogP contribution in [0, 0.1) is 6.92 Å². The number of amides is 1. The number of benzene rings is 2. The number of aryl methyl sites for hydroxylation is 2. The van der Waals surface area contributed by atoms with Crippen molar-refractivity contribution in [3.05, 3.63) is 73.2 Å². The number of halogens is 4. The van der Waals surface area contributed by atoms with Crippen LogP contribution in [0.1, 0.15) is 86.3 Å². The molecule has 17 heteroatoms. The first-order valence-corrected chi connectivity index (χ1v) is 19.6. The minimum atomic E-state index is -0.607. The first-order valence-electron chi connectivity index (χ1n) is 17.9. The number of aromatic nitrogens is 5. The predicted molar refractivity (Wildman–Crippen MR) is 224 cm³/mol. The van der Waals surface area contributed by atoms with Crippen molar-refractivity contribution < 1.29 is 18.7 Å². The summed E-state index contributed by atoms with van der Waals surface area (Å²) in [5, 5.41) is 11.1. The molecule has 0 spiro atoms. The Labute approximate surface area is 344 Å². The molecule has 0 saturated heterocycles. The number of hydrogen-bond donors (Lipinski definition) is 2. The van der Waals surface area contributed by atoms with E-state index in [4.69, 9.17) is 60.3 Å². The molecule has 1 unspecified atom stereocenters. The molecule has 0 saturated carbocycles. The Morgan fingerprint density at radius 1 is 1.00 bits per heavy atom. The van der Waals surface area contributed by atoms with E-state index < -0.39 is 5.76 Å². The summed E-state index contributed by atoms with van der Waals surface area (Å²) in [5.41, 5.74) is 3.19. The van der Waals surface area contributed by atoms with Crippen LogP contribution in [-0.2, 0) is 21.4 Å². The fourth-order valence-corrected chi connectivity index (χ4v) is 5.79. The molecular weight excluding hydrogens is 790 g/mol. The van der Waals surface area contributed by atoms with Crippen LogP contribution in [0.15, 0.2) is 39.5 Å². The van der Waals surface area contributed by atoms with E-state index in [1.807, 2.05) is 81.4 Å². The monoisotopic (exact) mass is 842 g/mol.